The molecular weight excluding hydrogens is 298 g/mol. The summed E-state index contributed by atoms with van der Waals surface area (Å²) in [5, 5.41) is 14.6. The molecule has 0 unspecified atom stereocenters. The van der Waals surface area contributed by atoms with Crippen molar-refractivity contribution >= 4 is 23.3 Å². The van der Waals surface area contributed by atoms with E-state index >= 15 is 0 Å². The lowest BCUT2D eigenvalue weighted by atomic mass is 10.2. The Hall–Kier alpha value is -2.48. The number of nitro groups is 1. The van der Waals surface area contributed by atoms with Crippen LogP contribution in [0.3, 0.4) is 0 Å². The van der Waals surface area contributed by atoms with Crippen molar-refractivity contribution in [1.82, 2.24) is 19.7 Å². The Morgan fingerprint density at radius 3 is 2.81 bits per heavy atom. The van der Waals surface area contributed by atoms with Gasteiger partial charge in [-0.15, -0.1) is 0 Å². The van der Waals surface area contributed by atoms with Gasteiger partial charge in [0.1, 0.15) is 11.7 Å². The summed E-state index contributed by atoms with van der Waals surface area (Å²) in [4.78, 5) is 27.3. The molecule has 0 bridgehead atoms. The highest BCUT2D eigenvalue weighted by Crippen LogP contribution is 2.09. The number of likely N-dealkylation sites (N-methyl/N-ethyl adjacent to an activating group) is 1. The minimum Gasteiger partial charge on any atom is -0.358 e. The molecular formula is C12H12ClN5O3. The molecule has 0 spiro atoms. The molecule has 0 radical (unpaired) electrons. The molecule has 0 saturated carbocycles. The van der Waals surface area contributed by atoms with Crippen LogP contribution >= 0.6 is 11.6 Å². The van der Waals surface area contributed by atoms with Crippen LogP contribution in [-0.4, -0.2) is 37.5 Å². The molecule has 2 heterocycles. The Morgan fingerprint density at radius 1 is 1.48 bits per heavy atom. The molecule has 0 aromatic carbocycles. The van der Waals surface area contributed by atoms with Gasteiger partial charge >= 0.3 is 5.82 Å². The molecule has 2 aromatic rings. The smallest absolute Gasteiger partial charge is 0.358 e. The van der Waals surface area contributed by atoms with E-state index in [-0.39, 0.29) is 18.3 Å². The van der Waals surface area contributed by atoms with Crippen LogP contribution in [0.15, 0.2) is 30.6 Å². The van der Waals surface area contributed by atoms with Crippen LogP contribution in [0.1, 0.15) is 5.56 Å². The van der Waals surface area contributed by atoms with E-state index in [0.717, 1.165) is 5.56 Å². The number of amides is 1. The second-order valence-corrected chi connectivity index (χ2v) is 4.75. The van der Waals surface area contributed by atoms with Gasteiger partial charge in [-0.2, -0.15) is 4.68 Å². The average Bonchev–Trinajstić information content (AvgIpc) is 2.90. The standard InChI is InChI=1S/C12H12ClN5O3/c1-16(7-9-2-3-10(13)14-6-9)12(19)8-17-5-4-11(15-17)18(20)21/h2-6H,7-8H2,1H3. The zero-order valence-corrected chi connectivity index (χ0v) is 11.9. The Kier molecular flexibility index (Phi) is 4.49. The Bertz CT molecular complexity index is 655. The van der Waals surface area contributed by atoms with Gasteiger partial charge in [0.15, 0.2) is 0 Å². The molecule has 21 heavy (non-hydrogen) atoms. The highest BCUT2D eigenvalue weighted by molar-refractivity contribution is 6.29. The van der Waals surface area contributed by atoms with Crippen LogP contribution in [-0.2, 0) is 17.9 Å². The molecule has 0 saturated heterocycles. The van der Waals surface area contributed by atoms with Gasteiger partial charge < -0.3 is 15.0 Å². The summed E-state index contributed by atoms with van der Waals surface area (Å²) in [6.07, 6.45) is 2.98. The molecule has 8 nitrogen and oxygen atoms in total. The van der Waals surface area contributed by atoms with Crippen molar-refractivity contribution in [1.29, 1.82) is 0 Å². The number of pyridine rings is 1. The second kappa shape index (κ2) is 6.31. The minimum absolute atomic E-state index is 0.0641. The second-order valence-electron chi connectivity index (χ2n) is 4.37. The maximum absolute atomic E-state index is 12.0. The van der Waals surface area contributed by atoms with E-state index in [1.165, 1.54) is 21.8 Å². The Labute approximate surface area is 125 Å². The van der Waals surface area contributed by atoms with Gasteiger partial charge in [0.05, 0.1) is 17.4 Å². The molecule has 2 aromatic heterocycles. The predicted octanol–water partition coefficient (Wildman–Crippen LogP) is 1.50. The van der Waals surface area contributed by atoms with Gasteiger partial charge in [-0.25, -0.2) is 4.98 Å². The zero-order valence-electron chi connectivity index (χ0n) is 11.1. The summed E-state index contributed by atoms with van der Waals surface area (Å²) in [5.74, 6) is -0.504. The molecule has 9 heteroatoms. The average molecular weight is 310 g/mol. The van der Waals surface area contributed by atoms with Crippen molar-refractivity contribution in [2.24, 2.45) is 0 Å². The van der Waals surface area contributed by atoms with E-state index in [9.17, 15) is 14.9 Å². The van der Waals surface area contributed by atoms with Crippen molar-refractivity contribution in [3.05, 3.63) is 51.4 Å². The van der Waals surface area contributed by atoms with Crippen molar-refractivity contribution in [3.8, 4) is 0 Å². The number of carbonyl (C=O) groups excluding carboxylic acids is 1. The monoisotopic (exact) mass is 309 g/mol. The number of carbonyl (C=O) groups is 1. The third-order valence-corrected chi connectivity index (χ3v) is 2.97. The molecule has 0 aliphatic carbocycles. The van der Waals surface area contributed by atoms with E-state index in [1.807, 2.05) is 0 Å². The van der Waals surface area contributed by atoms with E-state index in [0.29, 0.717) is 11.7 Å². The first-order chi connectivity index (χ1) is 9.95. The van der Waals surface area contributed by atoms with Crippen molar-refractivity contribution in [3.63, 3.8) is 0 Å². The van der Waals surface area contributed by atoms with Gasteiger partial charge in [0, 0.05) is 19.8 Å². The number of aromatic nitrogens is 3. The maximum Gasteiger partial charge on any atom is 0.389 e. The fourth-order valence-corrected chi connectivity index (χ4v) is 1.77. The van der Waals surface area contributed by atoms with Gasteiger partial charge in [-0.3, -0.25) is 4.79 Å². The van der Waals surface area contributed by atoms with Crippen LogP contribution in [0, 0.1) is 10.1 Å². The highest BCUT2D eigenvalue weighted by Gasteiger charge is 2.16. The summed E-state index contributed by atoms with van der Waals surface area (Å²) in [6.45, 7) is 0.303. The number of hydrogen-bond acceptors (Lipinski definition) is 5. The lowest BCUT2D eigenvalue weighted by molar-refractivity contribution is -0.389. The van der Waals surface area contributed by atoms with Gasteiger partial charge in [0.2, 0.25) is 5.91 Å². The van der Waals surface area contributed by atoms with E-state index in [1.54, 1.807) is 25.4 Å². The van der Waals surface area contributed by atoms with Crippen LogP contribution in [0.5, 0.6) is 0 Å². The van der Waals surface area contributed by atoms with Gasteiger partial charge in [0.25, 0.3) is 0 Å². The molecule has 0 aliphatic heterocycles. The minimum atomic E-state index is -0.607. The number of rotatable bonds is 5. The molecule has 1 amide bonds. The van der Waals surface area contributed by atoms with Crippen LogP contribution in [0.2, 0.25) is 5.15 Å². The number of nitrogens with zero attached hydrogens (tertiary/aromatic N) is 5. The lowest BCUT2D eigenvalue weighted by Gasteiger charge is -2.16. The molecule has 2 rings (SSSR count). The van der Waals surface area contributed by atoms with Crippen molar-refractivity contribution < 1.29 is 9.72 Å². The van der Waals surface area contributed by atoms with E-state index in [4.69, 9.17) is 11.6 Å². The lowest BCUT2D eigenvalue weighted by Crippen LogP contribution is -2.30. The van der Waals surface area contributed by atoms with Crippen LogP contribution in [0.25, 0.3) is 0 Å². The van der Waals surface area contributed by atoms with E-state index in [2.05, 4.69) is 10.1 Å². The first-order valence-electron chi connectivity index (χ1n) is 5.98. The quantitative estimate of drug-likeness (QED) is 0.474. The normalized spacial score (nSPS) is 10.4. The molecule has 110 valence electrons. The Morgan fingerprint density at radius 2 is 2.24 bits per heavy atom. The number of hydrogen-bond donors (Lipinski definition) is 0. The summed E-state index contributed by atoms with van der Waals surface area (Å²) >= 11 is 5.69. The fraction of sp³-hybridized carbons (Fsp3) is 0.250. The topological polar surface area (TPSA) is 94.2 Å². The first-order valence-corrected chi connectivity index (χ1v) is 6.36. The van der Waals surface area contributed by atoms with Crippen molar-refractivity contribution in [2.75, 3.05) is 7.05 Å². The van der Waals surface area contributed by atoms with Crippen molar-refractivity contribution in [2.45, 2.75) is 13.1 Å². The van der Waals surface area contributed by atoms with Crippen LogP contribution < -0.4 is 0 Å². The van der Waals surface area contributed by atoms with Crippen LogP contribution in [0.4, 0.5) is 5.82 Å². The SMILES string of the molecule is CN(Cc1ccc(Cl)nc1)C(=O)Cn1ccc([N+](=O)[O-])n1. The first kappa shape index (κ1) is 14.9. The molecule has 0 atom stereocenters. The summed E-state index contributed by atoms with van der Waals surface area (Å²) in [6, 6.07) is 4.67. The molecule has 0 fully saturated rings. The maximum atomic E-state index is 12.0. The summed E-state index contributed by atoms with van der Waals surface area (Å²) < 4.78 is 1.23. The summed E-state index contributed by atoms with van der Waals surface area (Å²) in [5.41, 5.74) is 0.835. The summed E-state index contributed by atoms with van der Waals surface area (Å²) in [7, 11) is 1.63. The zero-order chi connectivity index (χ0) is 15.4. The van der Waals surface area contributed by atoms with Gasteiger partial charge in [-0.1, -0.05) is 17.7 Å². The fourth-order valence-electron chi connectivity index (χ4n) is 1.66. The number of halogens is 1. The third kappa shape index (κ3) is 3.99. The highest BCUT2D eigenvalue weighted by atomic mass is 35.5. The van der Waals surface area contributed by atoms with E-state index < -0.39 is 4.92 Å². The largest absolute Gasteiger partial charge is 0.389 e. The third-order valence-electron chi connectivity index (χ3n) is 2.75. The van der Waals surface area contributed by atoms with Gasteiger partial charge in [-0.05, 0) is 16.6 Å². The molecule has 0 N–H and O–H groups in total. The molecule has 0 aliphatic rings. The Balaban J connectivity index is 1.95. The predicted molar refractivity (Wildman–Crippen MR) is 74.6 cm³/mol.